The van der Waals surface area contributed by atoms with Gasteiger partial charge >= 0.3 is 46.9 Å². The minimum absolute atomic E-state index is 0. The maximum atomic E-state index is 0. The third kappa shape index (κ3) is 8.88. The van der Waals surface area contributed by atoms with E-state index in [2.05, 4.69) is 0 Å². The standard InChI is InChI=1S/3BrH.Yb/h3*1H;/q;;;+3/p-3. The summed E-state index contributed by atoms with van der Waals surface area (Å²) in [6, 6.07) is 0. The first-order chi connectivity index (χ1) is 0. The van der Waals surface area contributed by atoms with Crippen molar-refractivity contribution in [2.45, 2.75) is 0 Å². The van der Waals surface area contributed by atoms with Gasteiger partial charge in [0.25, 0.3) is 0 Å². The van der Waals surface area contributed by atoms with E-state index in [1.807, 2.05) is 0 Å². The Balaban J connectivity index is 0. The van der Waals surface area contributed by atoms with Gasteiger partial charge in [0, 0.05) is 0 Å². The van der Waals surface area contributed by atoms with E-state index < -0.39 is 0 Å². The van der Waals surface area contributed by atoms with Crippen LogP contribution in [-0.2, 0) is 0 Å². The van der Waals surface area contributed by atoms with Crippen LogP contribution in [0.4, 0.5) is 0 Å². The monoisotopic (exact) mass is 411 g/mol. The van der Waals surface area contributed by atoms with E-state index in [-0.39, 0.29) is 97.9 Å². The van der Waals surface area contributed by atoms with Crippen molar-refractivity contribution in [3.63, 3.8) is 0 Å². The molecule has 35 valence electrons. The third-order valence-corrected chi connectivity index (χ3v) is 0. The smallest absolute Gasteiger partial charge is 1.00 e. The van der Waals surface area contributed by atoms with Crippen LogP contribution in [0, 0.1) is 46.9 Å². The van der Waals surface area contributed by atoms with E-state index >= 15 is 0 Å². The van der Waals surface area contributed by atoms with E-state index in [9.17, 15) is 0 Å². The summed E-state index contributed by atoms with van der Waals surface area (Å²) in [5, 5.41) is 0. The Morgan fingerprint density at radius 3 is 0.500 bits per heavy atom. The van der Waals surface area contributed by atoms with Crippen molar-refractivity contribution in [3.8, 4) is 0 Å². The predicted molar refractivity (Wildman–Crippen MR) is 0 cm³/mol. The van der Waals surface area contributed by atoms with Crippen LogP contribution >= 0.6 is 0 Å². The van der Waals surface area contributed by atoms with Gasteiger partial charge in [0.1, 0.15) is 0 Å². The van der Waals surface area contributed by atoms with Crippen LogP contribution in [0.3, 0.4) is 0 Å². The zero-order valence-electron chi connectivity index (χ0n) is 1.40. The van der Waals surface area contributed by atoms with Gasteiger partial charge in [-0.25, -0.2) is 0 Å². The van der Waals surface area contributed by atoms with Gasteiger partial charge in [-0.15, -0.1) is 0 Å². The van der Waals surface area contributed by atoms with E-state index in [0.29, 0.717) is 0 Å². The molecule has 4 heavy (non-hydrogen) atoms. The van der Waals surface area contributed by atoms with Crippen LogP contribution in [0.5, 0.6) is 0 Å². The van der Waals surface area contributed by atoms with Gasteiger partial charge in [-0.05, 0) is 0 Å². The van der Waals surface area contributed by atoms with Crippen LogP contribution in [0.1, 0.15) is 0 Å². The van der Waals surface area contributed by atoms with Crippen molar-refractivity contribution < 1.29 is 97.9 Å². The molecule has 0 unspecified atom stereocenters. The average molecular weight is 413 g/mol. The Morgan fingerprint density at radius 1 is 0.500 bits per heavy atom. The molecule has 0 aliphatic carbocycles. The topological polar surface area (TPSA) is 0 Å². The number of halogens is 3. The predicted octanol–water partition coefficient (Wildman–Crippen LogP) is -8.99. The van der Waals surface area contributed by atoms with E-state index in [1.165, 1.54) is 0 Å². The maximum absolute atomic E-state index is 0. The quantitative estimate of drug-likeness (QED) is 0.371. The van der Waals surface area contributed by atoms with Crippen LogP contribution in [0.2, 0.25) is 0 Å². The summed E-state index contributed by atoms with van der Waals surface area (Å²) in [5.74, 6) is 0. The average Bonchev–Trinajstić information content (AvgIpc) is 0. The van der Waals surface area contributed by atoms with Gasteiger partial charge in [0.2, 0.25) is 0 Å². The summed E-state index contributed by atoms with van der Waals surface area (Å²) < 4.78 is 0. The molecule has 1 radical (unpaired) electrons. The van der Waals surface area contributed by atoms with Crippen LogP contribution in [0.25, 0.3) is 0 Å². The molecular weight excluding hydrogens is 413 g/mol. The van der Waals surface area contributed by atoms with E-state index in [1.54, 1.807) is 0 Å². The molecule has 0 spiro atoms. The van der Waals surface area contributed by atoms with Gasteiger partial charge in [-0.1, -0.05) is 0 Å². The molecule has 4 heteroatoms. The maximum Gasteiger partial charge on any atom is 3.00 e. The van der Waals surface area contributed by atoms with Crippen molar-refractivity contribution in [2.75, 3.05) is 0 Å². The van der Waals surface area contributed by atoms with Crippen LogP contribution < -0.4 is 50.9 Å². The fourth-order valence-corrected chi connectivity index (χ4v) is 0. The van der Waals surface area contributed by atoms with Gasteiger partial charge in [-0.2, -0.15) is 0 Å². The molecule has 0 heterocycles. The fourth-order valence-electron chi connectivity index (χ4n) is 0. The summed E-state index contributed by atoms with van der Waals surface area (Å²) in [5.41, 5.74) is 0. The van der Waals surface area contributed by atoms with Crippen LogP contribution in [0.15, 0.2) is 0 Å². The minimum atomic E-state index is 0. The summed E-state index contributed by atoms with van der Waals surface area (Å²) in [4.78, 5) is 0. The SMILES string of the molecule is [Br-].[Br-].[Br-].[Yb+3]. The van der Waals surface area contributed by atoms with Crippen molar-refractivity contribution in [3.05, 3.63) is 0 Å². The molecule has 0 saturated heterocycles. The van der Waals surface area contributed by atoms with Crippen molar-refractivity contribution in [1.82, 2.24) is 0 Å². The minimum Gasteiger partial charge on any atom is -1.00 e. The van der Waals surface area contributed by atoms with Crippen molar-refractivity contribution in [2.24, 2.45) is 0 Å². The fraction of sp³-hybridized carbons (Fsp3) is 0. The molecule has 0 nitrogen and oxygen atoms in total. The largest absolute Gasteiger partial charge is 3.00 e. The first kappa shape index (κ1) is 28.2. The third-order valence-electron chi connectivity index (χ3n) is 0. The Morgan fingerprint density at radius 2 is 0.500 bits per heavy atom. The second kappa shape index (κ2) is 16.7. The first-order valence-electron chi connectivity index (χ1n) is 0. The van der Waals surface area contributed by atoms with E-state index in [0.717, 1.165) is 0 Å². The molecule has 0 aromatic rings. The molecule has 0 N–H and O–H groups in total. The molecule has 0 amide bonds. The Hall–Kier alpha value is 2.96. The Kier molecular flexibility index (Phi) is 118. The van der Waals surface area contributed by atoms with Crippen molar-refractivity contribution in [1.29, 1.82) is 0 Å². The molecule has 0 fully saturated rings. The summed E-state index contributed by atoms with van der Waals surface area (Å²) in [7, 11) is 0. The molecule has 0 rings (SSSR count). The molecule has 0 saturated carbocycles. The second-order valence-corrected chi connectivity index (χ2v) is 0. The van der Waals surface area contributed by atoms with Gasteiger partial charge in [0.15, 0.2) is 0 Å². The number of rotatable bonds is 0. The molecule has 0 atom stereocenters. The summed E-state index contributed by atoms with van der Waals surface area (Å²) in [6.07, 6.45) is 0. The van der Waals surface area contributed by atoms with Gasteiger partial charge < -0.3 is 50.9 Å². The normalized spacial score (nSPS) is 0. The first-order valence-corrected chi connectivity index (χ1v) is 0. The number of hydrogen-bond acceptors (Lipinski definition) is 0. The molecule has 0 aliphatic rings. The zero-order chi connectivity index (χ0) is 0. The molecule has 0 aromatic carbocycles. The van der Waals surface area contributed by atoms with E-state index in [4.69, 9.17) is 0 Å². The van der Waals surface area contributed by atoms with Crippen LogP contribution in [-0.4, -0.2) is 0 Å². The Bertz CT molecular complexity index is 3.25. The number of hydrogen-bond donors (Lipinski definition) is 0. The molecular formula is Br3Yb. The molecule has 0 aromatic heterocycles. The van der Waals surface area contributed by atoms with Crippen molar-refractivity contribution >= 4 is 0 Å². The van der Waals surface area contributed by atoms with Gasteiger partial charge in [-0.3, -0.25) is 0 Å². The van der Waals surface area contributed by atoms with Gasteiger partial charge in [0.05, 0.1) is 0 Å². The molecule has 0 aliphatic heterocycles. The summed E-state index contributed by atoms with van der Waals surface area (Å²) in [6.45, 7) is 0. The summed E-state index contributed by atoms with van der Waals surface area (Å²) >= 11 is 0. The molecule has 0 bridgehead atoms. The zero-order valence-corrected chi connectivity index (χ0v) is 7.87. The second-order valence-electron chi connectivity index (χ2n) is 0. The Labute approximate surface area is 95.6 Å².